The van der Waals surface area contributed by atoms with Crippen molar-refractivity contribution in [3.63, 3.8) is 0 Å². The third-order valence-electron chi connectivity index (χ3n) is 4.94. The Labute approximate surface area is 203 Å². The molecule has 0 saturated heterocycles. The summed E-state index contributed by atoms with van der Waals surface area (Å²) in [6.07, 6.45) is 2.44. The molecule has 0 spiro atoms. The van der Waals surface area contributed by atoms with Gasteiger partial charge < -0.3 is 29.3 Å². The molecule has 0 saturated carbocycles. The van der Waals surface area contributed by atoms with E-state index in [1.807, 2.05) is 54.4 Å². The first-order valence-corrected chi connectivity index (χ1v) is 11.2. The molecule has 1 aromatic heterocycles. The minimum Gasteiger partial charge on any atom is -0.497 e. The topological polar surface area (TPSA) is 91.9 Å². The van der Waals surface area contributed by atoms with Crippen LogP contribution < -0.4 is 29.3 Å². The number of nitrogens with zero attached hydrogens (tertiary/aromatic N) is 4. The predicted molar refractivity (Wildman–Crippen MR) is 139 cm³/mol. The minimum atomic E-state index is 0.371. The monoisotopic (exact) mass is 480 g/mol. The molecule has 0 aliphatic rings. The molecule has 3 aromatic rings. The predicted octanol–water partition coefficient (Wildman–Crippen LogP) is 4.67. The van der Waals surface area contributed by atoms with Crippen molar-refractivity contribution in [2.24, 2.45) is 0 Å². The standard InChI is InChI=1S/C24H28N6O3S/c1-6-34-28-22-10-8-7-9-21(22)26-24-25-14-17(23(27-24)30(3)16-31)15-29(2)18-11-19(32-4)13-20(12-18)33-5/h6-14,16,28H,1,15H2,2-5H3,(H,25,26,27). The van der Waals surface area contributed by atoms with Crippen LogP contribution in [0.3, 0.4) is 0 Å². The zero-order valence-electron chi connectivity index (χ0n) is 19.6. The number of carbonyl (C=O) groups excluding carboxylic acids is 1. The lowest BCUT2D eigenvalue weighted by Crippen LogP contribution is -2.23. The molecule has 1 heterocycles. The van der Waals surface area contributed by atoms with Gasteiger partial charge in [0.1, 0.15) is 17.3 Å². The summed E-state index contributed by atoms with van der Waals surface area (Å²) in [6, 6.07) is 13.3. The summed E-state index contributed by atoms with van der Waals surface area (Å²) in [6.45, 7) is 4.16. The summed E-state index contributed by atoms with van der Waals surface area (Å²) in [5.74, 6) is 2.24. The quantitative estimate of drug-likeness (QED) is 0.283. The maximum absolute atomic E-state index is 11.6. The van der Waals surface area contributed by atoms with Gasteiger partial charge >= 0.3 is 0 Å². The van der Waals surface area contributed by atoms with E-state index in [9.17, 15) is 4.79 Å². The van der Waals surface area contributed by atoms with Crippen LogP contribution in [0.2, 0.25) is 0 Å². The van der Waals surface area contributed by atoms with E-state index < -0.39 is 0 Å². The summed E-state index contributed by atoms with van der Waals surface area (Å²) >= 11 is 1.37. The molecule has 0 radical (unpaired) electrons. The fourth-order valence-corrected chi connectivity index (χ4v) is 3.58. The zero-order valence-corrected chi connectivity index (χ0v) is 20.4. The average molecular weight is 481 g/mol. The van der Waals surface area contributed by atoms with Gasteiger partial charge in [-0.05, 0) is 29.5 Å². The van der Waals surface area contributed by atoms with Crippen LogP contribution in [-0.4, -0.2) is 44.7 Å². The Morgan fingerprint density at radius 2 is 1.76 bits per heavy atom. The lowest BCUT2D eigenvalue weighted by atomic mass is 10.2. The molecule has 0 bridgehead atoms. The fraction of sp³-hybridized carbons (Fsp3) is 0.208. The number of ether oxygens (including phenoxy) is 2. The highest BCUT2D eigenvalue weighted by Crippen LogP contribution is 2.31. The van der Waals surface area contributed by atoms with Gasteiger partial charge in [0.05, 0.1) is 25.6 Å². The van der Waals surface area contributed by atoms with Crippen molar-refractivity contribution in [1.29, 1.82) is 0 Å². The number of aromatic nitrogens is 2. The molecule has 0 aliphatic heterocycles. The third kappa shape index (κ3) is 6.10. The first-order valence-electron chi connectivity index (χ1n) is 10.4. The summed E-state index contributed by atoms with van der Waals surface area (Å²) in [5, 5.41) is 4.92. The van der Waals surface area contributed by atoms with Gasteiger partial charge in [-0.1, -0.05) is 18.7 Å². The summed E-state index contributed by atoms with van der Waals surface area (Å²) < 4.78 is 13.9. The van der Waals surface area contributed by atoms with Gasteiger partial charge in [0.2, 0.25) is 12.4 Å². The molecule has 0 atom stereocenters. The number of anilines is 5. The second kappa shape index (κ2) is 11.8. The van der Waals surface area contributed by atoms with Crippen molar-refractivity contribution < 1.29 is 14.3 Å². The number of nitrogens with one attached hydrogen (secondary N) is 2. The summed E-state index contributed by atoms with van der Waals surface area (Å²) in [7, 11) is 6.82. The molecule has 0 aliphatic carbocycles. The SMILES string of the molecule is C=CSNc1ccccc1Nc1ncc(CN(C)c2cc(OC)cc(OC)c2)c(N(C)C=O)n1. The molecule has 1 amide bonds. The van der Waals surface area contributed by atoms with E-state index >= 15 is 0 Å². The molecule has 34 heavy (non-hydrogen) atoms. The van der Waals surface area contributed by atoms with Crippen LogP contribution in [0, 0.1) is 0 Å². The van der Waals surface area contributed by atoms with Crippen molar-refractivity contribution in [2.45, 2.75) is 6.54 Å². The van der Waals surface area contributed by atoms with Crippen molar-refractivity contribution in [2.75, 3.05) is 48.2 Å². The summed E-state index contributed by atoms with van der Waals surface area (Å²) in [5.41, 5.74) is 3.32. The summed E-state index contributed by atoms with van der Waals surface area (Å²) in [4.78, 5) is 24.1. The molecule has 2 aromatic carbocycles. The molecule has 10 heteroatoms. The van der Waals surface area contributed by atoms with E-state index in [-0.39, 0.29) is 0 Å². The molecule has 178 valence electrons. The lowest BCUT2D eigenvalue weighted by molar-refractivity contribution is -0.107. The number of hydrogen-bond acceptors (Lipinski definition) is 9. The molecule has 9 nitrogen and oxygen atoms in total. The van der Waals surface area contributed by atoms with Gasteiger partial charge in [0.15, 0.2) is 0 Å². The Balaban J connectivity index is 1.89. The van der Waals surface area contributed by atoms with E-state index in [1.54, 1.807) is 32.9 Å². The molecule has 0 fully saturated rings. The molecular formula is C24H28N6O3S. The van der Waals surface area contributed by atoms with Crippen LogP contribution >= 0.6 is 11.9 Å². The number of para-hydroxylation sites is 2. The van der Waals surface area contributed by atoms with Gasteiger partial charge in [-0.2, -0.15) is 4.98 Å². The zero-order chi connectivity index (χ0) is 24.5. The largest absolute Gasteiger partial charge is 0.497 e. The van der Waals surface area contributed by atoms with Crippen LogP contribution in [0.1, 0.15) is 5.56 Å². The molecule has 3 rings (SSSR count). The van der Waals surface area contributed by atoms with Crippen LogP contribution in [0.25, 0.3) is 0 Å². The van der Waals surface area contributed by atoms with Crippen LogP contribution in [-0.2, 0) is 11.3 Å². The Kier molecular flexibility index (Phi) is 8.58. The normalized spacial score (nSPS) is 10.2. The molecule has 0 unspecified atom stereocenters. The highest BCUT2D eigenvalue weighted by molar-refractivity contribution is 8.03. The highest BCUT2D eigenvalue weighted by atomic mass is 32.2. The first-order chi connectivity index (χ1) is 16.5. The van der Waals surface area contributed by atoms with E-state index in [4.69, 9.17) is 9.47 Å². The van der Waals surface area contributed by atoms with Gasteiger partial charge in [0.25, 0.3) is 0 Å². The smallest absolute Gasteiger partial charge is 0.229 e. The van der Waals surface area contributed by atoms with Crippen molar-refractivity contribution >= 4 is 47.2 Å². The molecule has 2 N–H and O–H groups in total. The van der Waals surface area contributed by atoms with Crippen molar-refractivity contribution in [3.05, 3.63) is 66.2 Å². The maximum atomic E-state index is 11.6. The number of amides is 1. The Morgan fingerprint density at radius 1 is 1.09 bits per heavy atom. The highest BCUT2D eigenvalue weighted by Gasteiger charge is 2.15. The van der Waals surface area contributed by atoms with Gasteiger partial charge in [-0.25, -0.2) is 4.98 Å². The fourth-order valence-electron chi connectivity index (χ4n) is 3.19. The number of methoxy groups -OCH3 is 2. The lowest BCUT2D eigenvalue weighted by Gasteiger charge is -2.23. The number of rotatable bonds is 12. The molecular weight excluding hydrogens is 452 g/mol. The maximum Gasteiger partial charge on any atom is 0.229 e. The number of hydrogen-bond donors (Lipinski definition) is 2. The Morgan fingerprint density at radius 3 is 2.38 bits per heavy atom. The van der Waals surface area contributed by atoms with E-state index in [0.29, 0.717) is 29.8 Å². The van der Waals surface area contributed by atoms with Crippen LogP contribution in [0.4, 0.5) is 28.8 Å². The van der Waals surface area contributed by atoms with E-state index in [1.165, 1.54) is 16.8 Å². The number of benzene rings is 2. The number of carbonyl (C=O) groups is 1. The second-order valence-corrected chi connectivity index (χ2v) is 8.02. The second-order valence-electron chi connectivity index (χ2n) is 7.24. The van der Waals surface area contributed by atoms with Crippen LogP contribution in [0.15, 0.2) is 60.6 Å². The third-order valence-corrected chi connectivity index (χ3v) is 5.45. The van der Waals surface area contributed by atoms with Gasteiger partial charge in [-0.3, -0.25) is 4.79 Å². The van der Waals surface area contributed by atoms with Gasteiger partial charge in [0, 0.05) is 56.3 Å². The average Bonchev–Trinajstić information content (AvgIpc) is 2.88. The van der Waals surface area contributed by atoms with Crippen molar-refractivity contribution in [1.82, 2.24) is 9.97 Å². The minimum absolute atomic E-state index is 0.371. The van der Waals surface area contributed by atoms with Crippen molar-refractivity contribution in [3.8, 4) is 11.5 Å². The van der Waals surface area contributed by atoms with E-state index in [2.05, 4.69) is 26.6 Å². The Bertz CT molecular complexity index is 1120. The first kappa shape index (κ1) is 24.7. The van der Waals surface area contributed by atoms with Gasteiger partial charge in [-0.15, -0.1) is 0 Å². The van der Waals surface area contributed by atoms with Crippen LogP contribution in [0.5, 0.6) is 11.5 Å². The van der Waals surface area contributed by atoms with E-state index in [0.717, 1.165) is 29.0 Å². The Hall–Kier alpha value is -3.92.